The van der Waals surface area contributed by atoms with E-state index < -0.39 is 0 Å². The van der Waals surface area contributed by atoms with Crippen LogP contribution in [0.15, 0.2) is 60.7 Å². The summed E-state index contributed by atoms with van der Waals surface area (Å²) in [6, 6.07) is 19.9. The van der Waals surface area contributed by atoms with Crippen LogP contribution in [0.3, 0.4) is 0 Å². The highest BCUT2D eigenvalue weighted by Gasteiger charge is 2.27. The van der Waals surface area contributed by atoms with Crippen LogP contribution >= 0.6 is 0 Å². The van der Waals surface area contributed by atoms with Gasteiger partial charge >= 0.3 is 0 Å². The Morgan fingerprint density at radius 1 is 1.21 bits per heavy atom. The van der Waals surface area contributed by atoms with Gasteiger partial charge in [-0.3, -0.25) is 10.1 Å². The van der Waals surface area contributed by atoms with E-state index in [4.69, 9.17) is 9.84 Å². The topological polar surface area (TPSA) is 68.2 Å². The van der Waals surface area contributed by atoms with E-state index in [1.165, 1.54) is 5.56 Å². The third-order valence-electron chi connectivity index (χ3n) is 5.11. The molecule has 0 saturated carbocycles. The van der Waals surface area contributed by atoms with Gasteiger partial charge in [-0.2, -0.15) is 5.10 Å². The number of carbonyl (C=O) groups excluding carboxylic acids is 1. The van der Waals surface area contributed by atoms with Crippen molar-refractivity contribution in [2.24, 2.45) is 0 Å². The van der Waals surface area contributed by atoms with Crippen LogP contribution in [0.1, 0.15) is 35.1 Å². The lowest BCUT2D eigenvalue weighted by Crippen LogP contribution is -2.46. The molecule has 0 saturated heterocycles. The first-order valence-corrected chi connectivity index (χ1v) is 9.46. The maximum absolute atomic E-state index is 12.3. The zero-order valence-electron chi connectivity index (χ0n) is 16.1. The largest absolute Gasteiger partial charge is 0.497 e. The van der Waals surface area contributed by atoms with Crippen LogP contribution in [0.2, 0.25) is 0 Å². The van der Waals surface area contributed by atoms with Gasteiger partial charge in [0.05, 0.1) is 19.3 Å². The smallest absolute Gasteiger partial charge is 0.269 e. The zero-order chi connectivity index (χ0) is 19.5. The number of carbonyl (C=O) groups is 1. The molecule has 2 aromatic carbocycles. The molecule has 0 aliphatic carbocycles. The molecular weight excluding hydrogens is 352 g/mol. The van der Waals surface area contributed by atoms with E-state index in [2.05, 4.69) is 41.8 Å². The van der Waals surface area contributed by atoms with E-state index in [0.717, 1.165) is 23.6 Å². The van der Waals surface area contributed by atoms with E-state index in [1.807, 2.05) is 36.4 Å². The Hall–Kier alpha value is -3.12. The van der Waals surface area contributed by atoms with Crippen LogP contribution < -0.4 is 15.4 Å². The lowest BCUT2D eigenvalue weighted by molar-refractivity contribution is 0.0900. The monoisotopic (exact) mass is 376 g/mol. The SMILES string of the molecule is COc1cccc(-c2cc3n(n2)[C@@H](NC[C@@H](C)c2ccccc2)CNC3=O)c1. The average molecular weight is 376 g/mol. The number of nitrogens with one attached hydrogen (secondary N) is 2. The molecule has 1 aliphatic heterocycles. The van der Waals surface area contributed by atoms with Crippen LogP contribution in [-0.2, 0) is 0 Å². The van der Waals surface area contributed by atoms with Crippen molar-refractivity contribution >= 4 is 5.91 Å². The van der Waals surface area contributed by atoms with Gasteiger partial charge < -0.3 is 10.1 Å². The Morgan fingerprint density at radius 2 is 2.04 bits per heavy atom. The fraction of sp³-hybridized carbons (Fsp3) is 0.273. The van der Waals surface area contributed by atoms with Gasteiger partial charge in [0.1, 0.15) is 17.6 Å². The predicted molar refractivity (Wildman–Crippen MR) is 108 cm³/mol. The van der Waals surface area contributed by atoms with Gasteiger partial charge in [-0.05, 0) is 29.7 Å². The van der Waals surface area contributed by atoms with Crippen molar-refractivity contribution in [1.82, 2.24) is 20.4 Å². The maximum Gasteiger partial charge on any atom is 0.269 e. The van der Waals surface area contributed by atoms with Crippen molar-refractivity contribution in [2.75, 3.05) is 20.2 Å². The molecule has 2 heterocycles. The fourth-order valence-electron chi connectivity index (χ4n) is 3.46. The molecule has 3 aromatic rings. The quantitative estimate of drug-likeness (QED) is 0.693. The molecule has 2 atom stereocenters. The fourth-order valence-corrected chi connectivity index (χ4v) is 3.46. The summed E-state index contributed by atoms with van der Waals surface area (Å²) in [6.07, 6.45) is -0.0850. The van der Waals surface area contributed by atoms with Crippen molar-refractivity contribution in [3.63, 3.8) is 0 Å². The molecule has 1 aromatic heterocycles. The average Bonchev–Trinajstić information content (AvgIpc) is 3.20. The Bertz CT molecular complexity index is 968. The molecular formula is C22H24N4O2. The number of ether oxygens (including phenoxy) is 1. The zero-order valence-corrected chi connectivity index (χ0v) is 16.1. The highest BCUT2D eigenvalue weighted by molar-refractivity contribution is 5.94. The van der Waals surface area contributed by atoms with Crippen molar-refractivity contribution < 1.29 is 9.53 Å². The van der Waals surface area contributed by atoms with E-state index in [1.54, 1.807) is 11.8 Å². The maximum atomic E-state index is 12.3. The third-order valence-corrected chi connectivity index (χ3v) is 5.11. The Balaban J connectivity index is 1.55. The molecule has 0 radical (unpaired) electrons. The standard InChI is InChI=1S/C22H24N4O2/c1-15(16-7-4-3-5-8-16)13-23-21-14-24-22(27)20-12-19(25-26(20)21)17-9-6-10-18(11-17)28-2/h3-12,15,21,23H,13-14H2,1-2H3,(H,24,27)/t15-,21-/m1/s1. The summed E-state index contributed by atoms with van der Waals surface area (Å²) in [6.45, 7) is 3.49. The van der Waals surface area contributed by atoms with Crippen LogP contribution in [0.5, 0.6) is 5.75 Å². The van der Waals surface area contributed by atoms with Crippen molar-refractivity contribution in [2.45, 2.75) is 19.0 Å². The molecule has 0 bridgehead atoms. The van der Waals surface area contributed by atoms with Gasteiger partial charge in [0.25, 0.3) is 5.91 Å². The molecule has 4 rings (SSSR count). The van der Waals surface area contributed by atoms with E-state index >= 15 is 0 Å². The molecule has 1 amide bonds. The van der Waals surface area contributed by atoms with Gasteiger partial charge in [-0.1, -0.05) is 49.4 Å². The molecule has 28 heavy (non-hydrogen) atoms. The Morgan fingerprint density at radius 3 is 2.82 bits per heavy atom. The first-order chi connectivity index (χ1) is 13.7. The summed E-state index contributed by atoms with van der Waals surface area (Å²) in [7, 11) is 1.64. The van der Waals surface area contributed by atoms with Crippen molar-refractivity contribution in [3.05, 3.63) is 71.9 Å². The van der Waals surface area contributed by atoms with Gasteiger partial charge in [0.15, 0.2) is 0 Å². The highest BCUT2D eigenvalue weighted by Crippen LogP contribution is 2.26. The van der Waals surface area contributed by atoms with Crippen LogP contribution in [0.4, 0.5) is 0 Å². The number of amides is 1. The number of aromatic nitrogens is 2. The second kappa shape index (κ2) is 7.86. The normalized spacial score (nSPS) is 16.9. The third kappa shape index (κ3) is 3.64. The van der Waals surface area contributed by atoms with Crippen LogP contribution in [0, 0.1) is 0 Å². The molecule has 0 fully saturated rings. The molecule has 0 spiro atoms. The summed E-state index contributed by atoms with van der Waals surface area (Å²) >= 11 is 0. The minimum atomic E-state index is -0.101. The second-order valence-corrected chi connectivity index (χ2v) is 7.04. The number of hydrogen-bond acceptors (Lipinski definition) is 4. The summed E-state index contributed by atoms with van der Waals surface area (Å²) < 4.78 is 7.10. The van der Waals surface area contributed by atoms with Gasteiger partial charge in [0, 0.05) is 12.1 Å². The lowest BCUT2D eigenvalue weighted by Gasteiger charge is -2.27. The molecule has 6 nitrogen and oxygen atoms in total. The predicted octanol–water partition coefficient (Wildman–Crippen LogP) is 3.19. The van der Waals surface area contributed by atoms with E-state index in [-0.39, 0.29) is 12.1 Å². The first kappa shape index (κ1) is 18.3. The Kier molecular flexibility index (Phi) is 5.12. The van der Waals surface area contributed by atoms with Gasteiger partial charge in [0.2, 0.25) is 0 Å². The number of fused-ring (bicyclic) bond motifs is 1. The lowest BCUT2D eigenvalue weighted by atomic mass is 10.0. The first-order valence-electron chi connectivity index (χ1n) is 9.46. The summed E-state index contributed by atoms with van der Waals surface area (Å²) in [5, 5.41) is 11.2. The van der Waals surface area contributed by atoms with Crippen LogP contribution in [-0.4, -0.2) is 35.9 Å². The highest BCUT2D eigenvalue weighted by atomic mass is 16.5. The van der Waals surface area contributed by atoms with Crippen molar-refractivity contribution in [3.8, 4) is 17.0 Å². The second-order valence-electron chi connectivity index (χ2n) is 7.04. The van der Waals surface area contributed by atoms with Gasteiger partial charge in [-0.25, -0.2) is 4.68 Å². The minimum absolute atomic E-state index is 0.0850. The number of rotatable bonds is 6. The number of methoxy groups -OCH3 is 1. The minimum Gasteiger partial charge on any atom is -0.497 e. The van der Waals surface area contributed by atoms with Crippen LogP contribution in [0.25, 0.3) is 11.3 Å². The molecule has 6 heteroatoms. The molecule has 1 aliphatic rings. The van der Waals surface area contributed by atoms with Gasteiger partial charge in [-0.15, -0.1) is 0 Å². The summed E-state index contributed by atoms with van der Waals surface area (Å²) in [5.74, 6) is 1.02. The number of nitrogens with zero attached hydrogens (tertiary/aromatic N) is 2. The summed E-state index contributed by atoms with van der Waals surface area (Å²) in [4.78, 5) is 12.3. The van der Waals surface area contributed by atoms with Crippen molar-refractivity contribution in [1.29, 1.82) is 0 Å². The molecule has 2 N–H and O–H groups in total. The molecule has 144 valence electrons. The summed E-state index contributed by atoms with van der Waals surface area (Å²) in [5.41, 5.74) is 3.53. The Labute approximate surface area is 164 Å². The number of hydrogen-bond donors (Lipinski definition) is 2. The molecule has 0 unspecified atom stereocenters. The number of benzene rings is 2. The van der Waals surface area contributed by atoms with E-state index in [0.29, 0.717) is 18.2 Å². The van der Waals surface area contributed by atoms with E-state index in [9.17, 15) is 4.79 Å².